The second kappa shape index (κ2) is 8.60. The standard InChI is InChI=1S/C9H20N2O4/c1-7(6-15-2)11-9(14)4-10-3-8(13)5-12/h7-8,10,12-13H,3-6H2,1-2H3,(H,11,14). The fourth-order valence-corrected chi connectivity index (χ4v) is 1.03. The summed E-state index contributed by atoms with van der Waals surface area (Å²) in [5.74, 6) is -0.162. The van der Waals surface area contributed by atoms with Crippen molar-refractivity contribution in [2.75, 3.05) is 33.4 Å². The van der Waals surface area contributed by atoms with Crippen LogP contribution in [0.2, 0.25) is 0 Å². The van der Waals surface area contributed by atoms with E-state index in [0.29, 0.717) is 6.61 Å². The van der Waals surface area contributed by atoms with Crippen LogP contribution in [-0.2, 0) is 9.53 Å². The van der Waals surface area contributed by atoms with E-state index in [1.54, 1.807) is 7.11 Å². The number of amides is 1. The quantitative estimate of drug-likeness (QED) is 0.383. The van der Waals surface area contributed by atoms with Gasteiger partial charge >= 0.3 is 0 Å². The zero-order chi connectivity index (χ0) is 11.7. The maximum Gasteiger partial charge on any atom is 0.234 e. The van der Waals surface area contributed by atoms with Crippen LogP contribution in [0.3, 0.4) is 0 Å². The topological polar surface area (TPSA) is 90.8 Å². The van der Waals surface area contributed by atoms with Crippen LogP contribution < -0.4 is 10.6 Å². The van der Waals surface area contributed by atoms with Crippen molar-refractivity contribution in [3.63, 3.8) is 0 Å². The molecule has 0 aromatic heterocycles. The van der Waals surface area contributed by atoms with Crippen LogP contribution in [0.25, 0.3) is 0 Å². The summed E-state index contributed by atoms with van der Waals surface area (Å²) in [6, 6.07) is -0.0351. The summed E-state index contributed by atoms with van der Waals surface area (Å²) in [7, 11) is 1.57. The minimum Gasteiger partial charge on any atom is -0.394 e. The third-order valence-electron chi connectivity index (χ3n) is 1.70. The van der Waals surface area contributed by atoms with Gasteiger partial charge in [-0.15, -0.1) is 0 Å². The Balaban J connectivity index is 3.48. The molecule has 0 aliphatic carbocycles. The molecule has 0 bridgehead atoms. The Hall–Kier alpha value is -0.690. The summed E-state index contributed by atoms with van der Waals surface area (Å²) in [5.41, 5.74) is 0. The molecule has 6 heteroatoms. The van der Waals surface area contributed by atoms with E-state index in [2.05, 4.69) is 10.6 Å². The van der Waals surface area contributed by atoms with Crippen LogP contribution in [0.15, 0.2) is 0 Å². The van der Waals surface area contributed by atoms with Gasteiger partial charge in [0.15, 0.2) is 0 Å². The summed E-state index contributed by atoms with van der Waals surface area (Å²) in [6.45, 7) is 2.30. The summed E-state index contributed by atoms with van der Waals surface area (Å²) in [4.78, 5) is 11.2. The molecule has 0 saturated heterocycles. The number of carbonyl (C=O) groups excluding carboxylic acids is 1. The molecule has 0 spiro atoms. The van der Waals surface area contributed by atoms with Crippen molar-refractivity contribution in [3.05, 3.63) is 0 Å². The van der Waals surface area contributed by atoms with Crippen LogP contribution in [-0.4, -0.2) is 61.7 Å². The van der Waals surface area contributed by atoms with E-state index in [9.17, 15) is 4.79 Å². The molecular formula is C9H20N2O4. The van der Waals surface area contributed by atoms with Crippen molar-refractivity contribution >= 4 is 5.91 Å². The van der Waals surface area contributed by atoms with Crippen molar-refractivity contribution in [1.29, 1.82) is 0 Å². The summed E-state index contributed by atoms with van der Waals surface area (Å²) < 4.78 is 4.86. The summed E-state index contributed by atoms with van der Waals surface area (Å²) >= 11 is 0. The number of hydrogen-bond acceptors (Lipinski definition) is 5. The van der Waals surface area contributed by atoms with Crippen LogP contribution >= 0.6 is 0 Å². The number of nitrogens with one attached hydrogen (secondary N) is 2. The molecule has 0 aromatic carbocycles. The Morgan fingerprint density at radius 3 is 2.73 bits per heavy atom. The maximum absolute atomic E-state index is 11.2. The van der Waals surface area contributed by atoms with Gasteiger partial charge in [-0.1, -0.05) is 0 Å². The molecule has 4 N–H and O–H groups in total. The van der Waals surface area contributed by atoms with Crippen molar-refractivity contribution in [1.82, 2.24) is 10.6 Å². The Kier molecular flexibility index (Phi) is 8.21. The summed E-state index contributed by atoms with van der Waals surface area (Å²) in [6.07, 6.45) is -0.825. The lowest BCUT2D eigenvalue weighted by molar-refractivity contribution is -0.121. The van der Waals surface area contributed by atoms with Crippen LogP contribution in [0.4, 0.5) is 0 Å². The molecule has 0 rings (SSSR count). The van der Waals surface area contributed by atoms with Crippen molar-refractivity contribution in [3.8, 4) is 0 Å². The molecule has 0 heterocycles. The van der Waals surface area contributed by atoms with Gasteiger partial charge in [-0.05, 0) is 6.92 Å². The average Bonchev–Trinajstić information content (AvgIpc) is 2.17. The molecule has 6 nitrogen and oxygen atoms in total. The van der Waals surface area contributed by atoms with Gasteiger partial charge in [0.2, 0.25) is 5.91 Å². The van der Waals surface area contributed by atoms with E-state index >= 15 is 0 Å². The largest absolute Gasteiger partial charge is 0.394 e. The maximum atomic E-state index is 11.2. The number of methoxy groups -OCH3 is 1. The monoisotopic (exact) mass is 220 g/mol. The van der Waals surface area contributed by atoms with Crippen LogP contribution in [0.1, 0.15) is 6.92 Å². The Morgan fingerprint density at radius 2 is 2.20 bits per heavy atom. The van der Waals surface area contributed by atoms with E-state index in [-0.39, 0.29) is 31.6 Å². The van der Waals surface area contributed by atoms with Crippen molar-refractivity contribution in [2.24, 2.45) is 0 Å². The highest BCUT2D eigenvalue weighted by Crippen LogP contribution is 1.82. The van der Waals surface area contributed by atoms with E-state index in [0.717, 1.165) is 0 Å². The minimum absolute atomic E-state index is 0.0351. The SMILES string of the molecule is COCC(C)NC(=O)CNCC(O)CO. The van der Waals surface area contributed by atoms with Gasteiger partial charge in [0.1, 0.15) is 0 Å². The van der Waals surface area contributed by atoms with Gasteiger partial charge in [0.05, 0.1) is 25.9 Å². The molecule has 0 radical (unpaired) electrons. The normalized spacial score (nSPS) is 14.7. The molecule has 0 aromatic rings. The van der Waals surface area contributed by atoms with Gasteiger partial charge in [-0.25, -0.2) is 0 Å². The van der Waals surface area contributed by atoms with Crippen LogP contribution in [0, 0.1) is 0 Å². The molecule has 1 amide bonds. The van der Waals surface area contributed by atoms with E-state index < -0.39 is 6.10 Å². The van der Waals surface area contributed by atoms with Gasteiger partial charge in [-0.3, -0.25) is 4.79 Å². The Morgan fingerprint density at radius 1 is 1.53 bits per heavy atom. The highest BCUT2D eigenvalue weighted by molar-refractivity contribution is 5.78. The highest BCUT2D eigenvalue weighted by atomic mass is 16.5. The molecule has 15 heavy (non-hydrogen) atoms. The second-order valence-electron chi connectivity index (χ2n) is 3.39. The van der Waals surface area contributed by atoms with E-state index in [1.807, 2.05) is 6.92 Å². The van der Waals surface area contributed by atoms with Gasteiger partial charge in [0.25, 0.3) is 0 Å². The first kappa shape index (κ1) is 14.3. The Labute approximate surface area is 89.6 Å². The molecule has 0 fully saturated rings. The summed E-state index contributed by atoms with van der Waals surface area (Å²) in [5, 5.41) is 22.9. The number of aliphatic hydroxyl groups excluding tert-OH is 2. The Bertz CT molecular complexity index is 177. The van der Waals surface area contributed by atoms with Crippen molar-refractivity contribution in [2.45, 2.75) is 19.1 Å². The molecule has 0 aliphatic rings. The molecule has 0 saturated carbocycles. The van der Waals surface area contributed by atoms with Crippen LogP contribution in [0.5, 0.6) is 0 Å². The second-order valence-corrected chi connectivity index (χ2v) is 3.39. The smallest absolute Gasteiger partial charge is 0.234 e. The van der Waals surface area contributed by atoms with Gasteiger partial charge in [-0.2, -0.15) is 0 Å². The molecule has 90 valence electrons. The van der Waals surface area contributed by atoms with E-state index in [1.165, 1.54) is 0 Å². The number of aliphatic hydroxyl groups is 2. The number of hydrogen-bond donors (Lipinski definition) is 4. The van der Waals surface area contributed by atoms with Gasteiger partial charge in [0, 0.05) is 19.7 Å². The third-order valence-corrected chi connectivity index (χ3v) is 1.70. The van der Waals surface area contributed by atoms with Crippen molar-refractivity contribution < 1.29 is 19.7 Å². The number of carbonyl (C=O) groups is 1. The van der Waals surface area contributed by atoms with Gasteiger partial charge < -0.3 is 25.6 Å². The lowest BCUT2D eigenvalue weighted by Gasteiger charge is -2.13. The lowest BCUT2D eigenvalue weighted by atomic mass is 10.3. The predicted molar refractivity (Wildman–Crippen MR) is 55.4 cm³/mol. The first-order valence-electron chi connectivity index (χ1n) is 4.88. The predicted octanol–water partition coefficient (Wildman–Crippen LogP) is -1.92. The first-order valence-corrected chi connectivity index (χ1v) is 4.88. The fraction of sp³-hybridized carbons (Fsp3) is 0.889. The molecule has 0 aliphatic heterocycles. The molecule has 2 atom stereocenters. The van der Waals surface area contributed by atoms with E-state index in [4.69, 9.17) is 14.9 Å². The number of rotatable bonds is 8. The fourth-order valence-electron chi connectivity index (χ4n) is 1.03. The highest BCUT2D eigenvalue weighted by Gasteiger charge is 2.07. The first-order chi connectivity index (χ1) is 7.10. The lowest BCUT2D eigenvalue weighted by Crippen LogP contribution is -2.42. The zero-order valence-electron chi connectivity index (χ0n) is 9.19. The number of ether oxygens (including phenoxy) is 1. The molecule has 2 unspecified atom stereocenters. The zero-order valence-corrected chi connectivity index (χ0v) is 9.19. The third kappa shape index (κ3) is 8.31. The molecular weight excluding hydrogens is 200 g/mol. The average molecular weight is 220 g/mol. The minimum atomic E-state index is -0.825.